The average molecular weight is 377 g/mol. The Morgan fingerprint density at radius 2 is 2.15 bits per heavy atom. The van der Waals surface area contributed by atoms with Crippen molar-refractivity contribution in [1.29, 1.82) is 5.41 Å². The third kappa shape index (κ3) is 2.00. The SMILES string of the molecule is CC1=Nc2ccc(C3C=C=C3)c([I-]CC=N)c2C1(C)C. The monoisotopic (exact) mass is 377 g/mol. The van der Waals surface area contributed by atoms with E-state index in [1.807, 2.05) is 0 Å². The molecule has 0 radical (unpaired) electrons. The van der Waals surface area contributed by atoms with Crippen LogP contribution in [0.3, 0.4) is 0 Å². The summed E-state index contributed by atoms with van der Waals surface area (Å²) in [6.07, 6.45) is 5.82. The molecule has 0 fully saturated rings. The van der Waals surface area contributed by atoms with Gasteiger partial charge in [-0.15, -0.1) is 0 Å². The molecule has 20 heavy (non-hydrogen) atoms. The number of nitrogens with one attached hydrogen (secondary N) is 1. The Morgan fingerprint density at radius 3 is 2.75 bits per heavy atom. The summed E-state index contributed by atoms with van der Waals surface area (Å²) in [5, 5.41) is 7.37. The molecule has 0 aromatic heterocycles. The summed E-state index contributed by atoms with van der Waals surface area (Å²) in [6.45, 7) is 6.67. The predicted octanol–water partition coefficient (Wildman–Crippen LogP) is 0.787. The predicted molar refractivity (Wildman–Crippen MR) is 80.0 cm³/mol. The van der Waals surface area contributed by atoms with Crippen LogP contribution in [0.4, 0.5) is 5.69 Å². The fourth-order valence-electron chi connectivity index (χ4n) is 2.66. The average Bonchev–Trinajstić information content (AvgIpc) is 2.57. The van der Waals surface area contributed by atoms with Crippen molar-refractivity contribution in [3.63, 3.8) is 0 Å². The molecular formula is C17H18IN2-. The number of benzene rings is 1. The van der Waals surface area contributed by atoms with Gasteiger partial charge in [-0.1, -0.05) is 0 Å². The van der Waals surface area contributed by atoms with Crippen LogP contribution >= 0.6 is 0 Å². The number of aliphatic imine (C=N–C) groups is 1. The fraction of sp³-hybridized carbons (Fsp3) is 0.353. The van der Waals surface area contributed by atoms with E-state index in [2.05, 4.69) is 50.8 Å². The number of rotatable bonds is 4. The summed E-state index contributed by atoms with van der Waals surface area (Å²) in [5.41, 5.74) is 8.32. The van der Waals surface area contributed by atoms with Crippen molar-refractivity contribution in [3.05, 3.63) is 44.7 Å². The van der Waals surface area contributed by atoms with Crippen LogP contribution in [0.5, 0.6) is 0 Å². The molecule has 1 aliphatic heterocycles. The van der Waals surface area contributed by atoms with E-state index in [4.69, 9.17) is 10.4 Å². The summed E-state index contributed by atoms with van der Waals surface area (Å²) in [7, 11) is 0. The van der Waals surface area contributed by atoms with Gasteiger partial charge in [-0.25, -0.2) is 0 Å². The molecule has 0 atom stereocenters. The molecule has 1 aromatic carbocycles. The van der Waals surface area contributed by atoms with Crippen molar-refractivity contribution in [1.82, 2.24) is 0 Å². The van der Waals surface area contributed by atoms with Gasteiger partial charge in [-0.05, 0) is 0 Å². The molecule has 0 saturated heterocycles. The molecule has 0 saturated carbocycles. The zero-order chi connectivity index (χ0) is 14.3. The van der Waals surface area contributed by atoms with Gasteiger partial charge >= 0.3 is 130 Å². The van der Waals surface area contributed by atoms with Crippen molar-refractivity contribution in [2.45, 2.75) is 32.1 Å². The molecule has 1 heterocycles. The Labute approximate surface area is 130 Å². The van der Waals surface area contributed by atoms with Crippen LogP contribution in [0.25, 0.3) is 0 Å². The first-order valence-corrected chi connectivity index (χ1v) is 9.40. The first kappa shape index (κ1) is 13.8. The molecule has 0 spiro atoms. The topological polar surface area (TPSA) is 36.2 Å². The number of fused-ring (bicyclic) bond motifs is 1. The Morgan fingerprint density at radius 1 is 1.40 bits per heavy atom. The summed E-state index contributed by atoms with van der Waals surface area (Å²) in [4.78, 5) is 4.76. The molecule has 1 aliphatic carbocycles. The zero-order valence-electron chi connectivity index (χ0n) is 12.0. The van der Waals surface area contributed by atoms with E-state index in [1.54, 1.807) is 6.21 Å². The minimum absolute atomic E-state index is 0.0274. The normalized spacial score (nSPS) is 18.9. The molecule has 3 rings (SSSR count). The summed E-state index contributed by atoms with van der Waals surface area (Å²) in [6, 6.07) is 4.40. The van der Waals surface area contributed by atoms with Gasteiger partial charge in [0.2, 0.25) is 0 Å². The van der Waals surface area contributed by atoms with E-state index >= 15 is 0 Å². The summed E-state index contributed by atoms with van der Waals surface area (Å²) < 4.78 is 2.40. The quantitative estimate of drug-likeness (QED) is 0.349. The molecular weight excluding hydrogens is 359 g/mol. The van der Waals surface area contributed by atoms with Crippen molar-refractivity contribution < 1.29 is 21.2 Å². The second kappa shape index (κ2) is 4.97. The second-order valence-electron chi connectivity index (χ2n) is 5.70. The van der Waals surface area contributed by atoms with Gasteiger partial charge in [0.15, 0.2) is 0 Å². The van der Waals surface area contributed by atoms with Gasteiger partial charge < -0.3 is 0 Å². The van der Waals surface area contributed by atoms with Gasteiger partial charge in [0, 0.05) is 0 Å². The van der Waals surface area contributed by atoms with E-state index < -0.39 is 0 Å². The molecule has 0 amide bonds. The van der Waals surface area contributed by atoms with Gasteiger partial charge in [0.25, 0.3) is 0 Å². The van der Waals surface area contributed by atoms with Crippen LogP contribution in [0.2, 0.25) is 0 Å². The summed E-state index contributed by atoms with van der Waals surface area (Å²) in [5.74, 6) is 0.414. The Hall–Kier alpha value is -1.19. The first-order valence-electron chi connectivity index (χ1n) is 6.79. The number of hydrogen-bond donors (Lipinski definition) is 1. The van der Waals surface area contributed by atoms with E-state index in [9.17, 15) is 0 Å². The van der Waals surface area contributed by atoms with Crippen LogP contribution in [0, 0.1) is 8.98 Å². The van der Waals surface area contributed by atoms with Crippen LogP contribution < -0.4 is 21.2 Å². The maximum atomic E-state index is 7.37. The van der Waals surface area contributed by atoms with Gasteiger partial charge in [-0.2, -0.15) is 0 Å². The van der Waals surface area contributed by atoms with Crippen LogP contribution in [0.15, 0.2) is 35.0 Å². The third-order valence-electron chi connectivity index (χ3n) is 4.17. The van der Waals surface area contributed by atoms with E-state index in [-0.39, 0.29) is 26.6 Å². The number of hydrogen-bond acceptors (Lipinski definition) is 2. The number of allylic oxidation sites excluding steroid dienone is 1. The Bertz CT molecular complexity index is 668. The van der Waals surface area contributed by atoms with Crippen LogP contribution in [-0.2, 0) is 5.41 Å². The van der Waals surface area contributed by atoms with Crippen LogP contribution in [0.1, 0.15) is 37.8 Å². The van der Waals surface area contributed by atoms with Crippen molar-refractivity contribution in [2.75, 3.05) is 4.43 Å². The standard InChI is InChI=1S/C17H18IN2/c1-11-17(2,3)15-14(20-11)8-7-13(12-5-4-6-12)16(15)18-9-10-19/h5-8,10,12,19H,9H2,1-3H3/q-1. The van der Waals surface area contributed by atoms with Gasteiger partial charge in [-0.3, -0.25) is 0 Å². The van der Waals surface area contributed by atoms with Gasteiger partial charge in [0.05, 0.1) is 0 Å². The first-order chi connectivity index (χ1) is 9.55. The molecule has 0 unspecified atom stereocenters. The minimum atomic E-state index is -0.169. The van der Waals surface area contributed by atoms with Crippen LogP contribution in [-0.4, -0.2) is 16.4 Å². The summed E-state index contributed by atoms with van der Waals surface area (Å²) >= 11 is -0.169. The number of nitrogens with zero attached hydrogens (tertiary/aromatic N) is 1. The van der Waals surface area contributed by atoms with Crippen molar-refractivity contribution >= 4 is 17.6 Å². The number of halogens is 1. The fourth-order valence-corrected chi connectivity index (χ4v) is 5.63. The second-order valence-corrected chi connectivity index (χ2v) is 8.43. The number of alkyl halides is 1. The third-order valence-corrected chi connectivity index (χ3v) is 6.97. The van der Waals surface area contributed by atoms with E-state index in [0.29, 0.717) is 5.92 Å². The molecule has 104 valence electrons. The zero-order valence-corrected chi connectivity index (χ0v) is 14.2. The Kier molecular flexibility index (Phi) is 3.43. The van der Waals surface area contributed by atoms with Crippen molar-refractivity contribution in [2.24, 2.45) is 4.99 Å². The Balaban J connectivity index is 2.15. The van der Waals surface area contributed by atoms with Gasteiger partial charge in [0.1, 0.15) is 0 Å². The van der Waals surface area contributed by atoms with E-state index in [1.165, 1.54) is 20.4 Å². The molecule has 1 aromatic rings. The molecule has 2 aliphatic rings. The molecule has 2 nitrogen and oxygen atoms in total. The molecule has 0 bridgehead atoms. The molecule has 1 N–H and O–H groups in total. The van der Waals surface area contributed by atoms with E-state index in [0.717, 1.165) is 10.1 Å². The molecule has 3 heteroatoms. The maximum absolute atomic E-state index is 7.37. The van der Waals surface area contributed by atoms with Crippen molar-refractivity contribution in [3.8, 4) is 0 Å².